The predicted molar refractivity (Wildman–Crippen MR) is 150 cm³/mol. The van der Waals surface area contributed by atoms with Crippen molar-refractivity contribution < 1.29 is 37.0 Å². The van der Waals surface area contributed by atoms with E-state index in [1.165, 1.54) is 26.3 Å². The predicted octanol–water partition coefficient (Wildman–Crippen LogP) is 6.75. The number of alkyl halides is 3. The smallest absolute Gasteiger partial charge is 0.407 e. The summed E-state index contributed by atoms with van der Waals surface area (Å²) >= 11 is 0. The van der Waals surface area contributed by atoms with Gasteiger partial charge in [-0.15, -0.1) is 0 Å². The van der Waals surface area contributed by atoms with Gasteiger partial charge in [0.05, 0.1) is 13.5 Å². The zero-order valence-electron chi connectivity index (χ0n) is 23.9. The van der Waals surface area contributed by atoms with E-state index in [1.54, 1.807) is 51.1 Å². The zero-order chi connectivity index (χ0) is 30.2. The van der Waals surface area contributed by atoms with Gasteiger partial charge in [-0.05, 0) is 80.3 Å². The Kier molecular flexibility index (Phi) is 10.6. The minimum absolute atomic E-state index is 0.00392. The van der Waals surface area contributed by atoms with Crippen molar-refractivity contribution in [3.05, 3.63) is 89.0 Å². The van der Waals surface area contributed by atoms with Gasteiger partial charge in [0.1, 0.15) is 24.0 Å². The summed E-state index contributed by atoms with van der Waals surface area (Å²) in [5.74, 6) is -0.312. The van der Waals surface area contributed by atoms with Crippen molar-refractivity contribution in [2.75, 3.05) is 14.2 Å². The van der Waals surface area contributed by atoms with Crippen LogP contribution < -0.4 is 10.1 Å². The number of methoxy groups -OCH3 is 1. The van der Waals surface area contributed by atoms with Crippen LogP contribution in [0.1, 0.15) is 55.5 Å². The van der Waals surface area contributed by atoms with Gasteiger partial charge < -0.3 is 19.5 Å². The summed E-state index contributed by atoms with van der Waals surface area (Å²) in [4.78, 5) is 24.0. The number of ether oxygens (including phenoxy) is 3. The number of nitrogens with one attached hydrogen (secondary N) is 1. The molecule has 0 aliphatic carbocycles. The van der Waals surface area contributed by atoms with Gasteiger partial charge >= 0.3 is 18.1 Å². The first-order chi connectivity index (χ1) is 19.3. The molecule has 9 heteroatoms. The lowest BCUT2D eigenvalue weighted by molar-refractivity contribution is -0.156. The first kappa shape index (κ1) is 31.7. The molecule has 0 fully saturated rings. The molecule has 0 amide bonds. The summed E-state index contributed by atoms with van der Waals surface area (Å²) in [7, 11) is 2.56. The fraction of sp³-hybridized carbons (Fsp3) is 0.375. The highest BCUT2D eigenvalue weighted by atomic mass is 19.4. The molecule has 0 saturated heterocycles. The van der Waals surface area contributed by atoms with Crippen molar-refractivity contribution in [2.45, 2.75) is 64.5 Å². The van der Waals surface area contributed by atoms with Crippen LogP contribution in [0.5, 0.6) is 5.75 Å². The Balaban J connectivity index is 1.92. The Bertz CT molecular complexity index is 1350. The maximum atomic E-state index is 13.9. The van der Waals surface area contributed by atoms with E-state index in [0.717, 1.165) is 5.56 Å². The van der Waals surface area contributed by atoms with Crippen LogP contribution in [0.3, 0.4) is 0 Å². The van der Waals surface area contributed by atoms with Crippen molar-refractivity contribution in [1.29, 1.82) is 0 Å². The molecule has 6 nitrogen and oxygen atoms in total. The first-order valence-corrected chi connectivity index (χ1v) is 13.3. The van der Waals surface area contributed by atoms with E-state index < -0.39 is 23.8 Å². The Hall–Kier alpha value is -3.85. The van der Waals surface area contributed by atoms with Crippen LogP contribution in [0.25, 0.3) is 11.1 Å². The minimum atomic E-state index is -4.52. The molecule has 1 unspecified atom stereocenters. The van der Waals surface area contributed by atoms with Crippen LogP contribution in [0, 0.1) is 0 Å². The highest BCUT2D eigenvalue weighted by Crippen LogP contribution is 2.35. The first-order valence-electron chi connectivity index (χ1n) is 13.3. The van der Waals surface area contributed by atoms with Gasteiger partial charge in [0, 0.05) is 12.0 Å². The van der Waals surface area contributed by atoms with E-state index in [1.807, 2.05) is 24.3 Å². The summed E-state index contributed by atoms with van der Waals surface area (Å²) in [6.07, 6.45) is -3.91. The van der Waals surface area contributed by atoms with Crippen molar-refractivity contribution in [3.63, 3.8) is 0 Å². The van der Waals surface area contributed by atoms with Crippen molar-refractivity contribution >= 4 is 11.9 Å². The van der Waals surface area contributed by atoms with Crippen LogP contribution in [0.4, 0.5) is 13.2 Å². The van der Waals surface area contributed by atoms with E-state index in [-0.39, 0.29) is 31.0 Å². The molecule has 0 bridgehead atoms. The number of aryl methyl sites for hydroxylation is 1. The fourth-order valence-corrected chi connectivity index (χ4v) is 4.38. The molecule has 220 valence electrons. The van der Waals surface area contributed by atoms with Crippen molar-refractivity contribution in [1.82, 2.24) is 5.32 Å². The number of para-hydroxylation sites is 1. The Morgan fingerprint density at radius 1 is 0.878 bits per heavy atom. The molecule has 0 spiro atoms. The highest BCUT2D eigenvalue weighted by molar-refractivity contribution is 5.73. The topological polar surface area (TPSA) is 73.9 Å². The number of rotatable bonds is 11. The quantitative estimate of drug-likeness (QED) is 0.257. The lowest BCUT2D eigenvalue weighted by Gasteiger charge is -2.22. The van der Waals surface area contributed by atoms with Crippen LogP contribution in [-0.4, -0.2) is 37.9 Å². The fourth-order valence-electron chi connectivity index (χ4n) is 4.38. The second-order valence-corrected chi connectivity index (χ2v) is 10.7. The average Bonchev–Trinajstić information content (AvgIpc) is 2.90. The van der Waals surface area contributed by atoms with Gasteiger partial charge in [-0.1, -0.05) is 48.5 Å². The molecule has 1 N–H and O–H groups in total. The summed E-state index contributed by atoms with van der Waals surface area (Å²) < 4.78 is 57.8. The zero-order valence-corrected chi connectivity index (χ0v) is 23.9. The molecule has 1 atom stereocenters. The van der Waals surface area contributed by atoms with Gasteiger partial charge in [0.2, 0.25) is 0 Å². The molecular weight excluding hydrogens is 535 g/mol. The second-order valence-electron chi connectivity index (χ2n) is 10.7. The van der Waals surface area contributed by atoms with E-state index in [2.05, 4.69) is 5.32 Å². The van der Waals surface area contributed by atoms with Gasteiger partial charge in [-0.25, -0.2) is 0 Å². The summed E-state index contributed by atoms with van der Waals surface area (Å²) in [5, 5.41) is 2.37. The lowest BCUT2D eigenvalue weighted by Crippen LogP contribution is -2.31. The molecule has 0 heterocycles. The number of hydrogen-bond donors (Lipinski definition) is 1. The number of benzene rings is 3. The Labute approximate surface area is 238 Å². The standard InChI is InChI=1S/C32H36F3NO5/c1-31(2,3)41-28(37)14-13-21-9-8-11-23(15-21)25-16-22(17-26(18-25)30(36-4)32(33,34)35)20-40-27-12-7-6-10-24(27)19-29(38)39-5/h6-12,15-18,30,36H,13-14,19-20H2,1-5H3. The van der Waals surface area contributed by atoms with Crippen molar-refractivity contribution in [3.8, 4) is 16.9 Å². The normalized spacial score (nSPS) is 12.5. The summed E-state index contributed by atoms with van der Waals surface area (Å²) in [5.41, 5.74) is 2.73. The van der Waals surface area contributed by atoms with Crippen LogP contribution in [-0.2, 0) is 38.5 Å². The van der Waals surface area contributed by atoms with Crippen LogP contribution in [0.15, 0.2) is 66.7 Å². The van der Waals surface area contributed by atoms with E-state index in [4.69, 9.17) is 14.2 Å². The van der Waals surface area contributed by atoms with Gasteiger partial charge in [0.25, 0.3) is 0 Å². The maximum Gasteiger partial charge on any atom is 0.407 e. The third-order valence-corrected chi connectivity index (χ3v) is 6.19. The number of carbonyl (C=O) groups is 2. The molecule has 3 rings (SSSR count). The van der Waals surface area contributed by atoms with E-state index in [9.17, 15) is 22.8 Å². The molecule has 0 saturated carbocycles. The molecule has 0 aliphatic heterocycles. The summed E-state index contributed by atoms with van der Waals surface area (Å²) in [6.45, 7) is 5.39. The third kappa shape index (κ3) is 9.63. The van der Waals surface area contributed by atoms with Gasteiger partial charge in [-0.2, -0.15) is 13.2 Å². The molecule has 0 aromatic heterocycles. The molecule has 0 radical (unpaired) electrons. The van der Waals surface area contributed by atoms with Crippen molar-refractivity contribution in [2.24, 2.45) is 0 Å². The molecule has 3 aromatic carbocycles. The van der Waals surface area contributed by atoms with Crippen LogP contribution >= 0.6 is 0 Å². The van der Waals surface area contributed by atoms with E-state index >= 15 is 0 Å². The number of esters is 2. The summed E-state index contributed by atoms with van der Waals surface area (Å²) in [6, 6.07) is 17.2. The molecule has 41 heavy (non-hydrogen) atoms. The maximum absolute atomic E-state index is 13.9. The molecule has 3 aromatic rings. The Morgan fingerprint density at radius 3 is 2.24 bits per heavy atom. The number of carbonyl (C=O) groups excluding carboxylic acids is 2. The minimum Gasteiger partial charge on any atom is -0.489 e. The number of hydrogen-bond acceptors (Lipinski definition) is 6. The average molecular weight is 572 g/mol. The van der Waals surface area contributed by atoms with Gasteiger partial charge in [-0.3, -0.25) is 9.59 Å². The monoisotopic (exact) mass is 571 g/mol. The molecule has 0 aliphatic rings. The SMILES string of the molecule is CNC(c1cc(COc2ccccc2CC(=O)OC)cc(-c2cccc(CCC(=O)OC(C)(C)C)c2)c1)C(F)(F)F. The Morgan fingerprint density at radius 2 is 1.59 bits per heavy atom. The second kappa shape index (κ2) is 13.7. The largest absolute Gasteiger partial charge is 0.489 e. The lowest BCUT2D eigenvalue weighted by atomic mass is 9.94. The number of halogens is 3. The van der Waals surface area contributed by atoms with E-state index in [0.29, 0.717) is 34.4 Å². The third-order valence-electron chi connectivity index (χ3n) is 6.19. The molecular formula is C32H36F3NO5. The highest BCUT2D eigenvalue weighted by Gasteiger charge is 2.40. The van der Waals surface area contributed by atoms with Gasteiger partial charge in [0.15, 0.2) is 0 Å². The van der Waals surface area contributed by atoms with Crippen LogP contribution in [0.2, 0.25) is 0 Å².